The van der Waals surface area contributed by atoms with Gasteiger partial charge in [0.2, 0.25) is 0 Å². The van der Waals surface area contributed by atoms with Gasteiger partial charge in [0, 0.05) is 12.1 Å². The van der Waals surface area contributed by atoms with E-state index in [4.69, 9.17) is 4.74 Å². The Hall–Kier alpha value is -1.28. The lowest BCUT2D eigenvalue weighted by molar-refractivity contribution is 0.215. The molecule has 1 N–H and O–H groups in total. The lowest BCUT2D eigenvalue weighted by atomic mass is 10.2. The normalized spacial score (nSPS) is 13.2. The fraction of sp³-hybridized carbons (Fsp3) is 0.500. The Morgan fingerprint density at radius 3 is 2.56 bits per heavy atom. The van der Waals surface area contributed by atoms with E-state index in [1.807, 2.05) is 31.2 Å². The molecule has 0 aromatic heterocycles. The zero-order valence-electron chi connectivity index (χ0n) is 11.9. The van der Waals surface area contributed by atoms with Crippen LogP contribution in [-0.2, 0) is 0 Å². The molecule has 100 valence electrons. The van der Waals surface area contributed by atoms with Gasteiger partial charge in [-0.15, -0.1) is 0 Å². The predicted octanol–water partition coefficient (Wildman–Crippen LogP) is 3.73. The van der Waals surface area contributed by atoms with Gasteiger partial charge in [0.1, 0.15) is 11.9 Å². The third kappa shape index (κ3) is 5.37. The molecule has 1 atom stereocenters. The zero-order chi connectivity index (χ0) is 13.4. The highest BCUT2D eigenvalue weighted by Gasteiger charge is 2.06. The molecule has 0 heterocycles. The second-order valence-corrected chi connectivity index (χ2v) is 5.02. The van der Waals surface area contributed by atoms with Crippen molar-refractivity contribution in [3.63, 3.8) is 0 Å². The van der Waals surface area contributed by atoms with Crippen molar-refractivity contribution in [2.45, 2.75) is 33.8 Å². The number of hydrogen-bond donors (Lipinski definition) is 1. The van der Waals surface area contributed by atoms with Gasteiger partial charge in [-0.05, 0) is 32.4 Å². The lowest BCUT2D eigenvalue weighted by Gasteiger charge is -2.17. The van der Waals surface area contributed by atoms with Crippen LogP contribution in [0.1, 0.15) is 33.3 Å². The maximum absolute atomic E-state index is 5.97. The summed E-state index contributed by atoms with van der Waals surface area (Å²) in [6, 6.07) is 8.14. The number of hydrogen-bond acceptors (Lipinski definition) is 2. The maximum Gasteiger partial charge on any atom is 0.126 e. The SMILES string of the molecule is CC=Cc1ccccc1OC(C)CNCC(C)C. The van der Waals surface area contributed by atoms with Crippen molar-refractivity contribution in [1.29, 1.82) is 0 Å². The van der Waals surface area contributed by atoms with E-state index in [9.17, 15) is 0 Å². The first-order valence-corrected chi connectivity index (χ1v) is 6.72. The summed E-state index contributed by atoms with van der Waals surface area (Å²) in [5.74, 6) is 1.63. The summed E-state index contributed by atoms with van der Waals surface area (Å²) in [7, 11) is 0. The van der Waals surface area contributed by atoms with Crippen LogP contribution in [0.15, 0.2) is 30.3 Å². The highest BCUT2D eigenvalue weighted by Crippen LogP contribution is 2.20. The van der Waals surface area contributed by atoms with Gasteiger partial charge >= 0.3 is 0 Å². The Balaban J connectivity index is 2.50. The summed E-state index contributed by atoms with van der Waals surface area (Å²) in [5.41, 5.74) is 1.13. The third-order valence-electron chi connectivity index (χ3n) is 2.58. The van der Waals surface area contributed by atoms with Gasteiger partial charge in [-0.1, -0.05) is 44.2 Å². The van der Waals surface area contributed by atoms with Crippen LogP contribution in [0.4, 0.5) is 0 Å². The first-order chi connectivity index (χ1) is 8.63. The van der Waals surface area contributed by atoms with Crippen LogP contribution in [0.5, 0.6) is 5.75 Å². The number of benzene rings is 1. The molecule has 0 saturated heterocycles. The molecule has 2 nitrogen and oxygen atoms in total. The number of para-hydroxylation sites is 1. The van der Waals surface area contributed by atoms with Crippen molar-refractivity contribution >= 4 is 6.08 Å². The smallest absolute Gasteiger partial charge is 0.126 e. The van der Waals surface area contributed by atoms with Gasteiger partial charge in [0.05, 0.1) is 0 Å². The topological polar surface area (TPSA) is 21.3 Å². The van der Waals surface area contributed by atoms with Crippen LogP contribution in [-0.4, -0.2) is 19.2 Å². The summed E-state index contributed by atoms with van der Waals surface area (Å²) in [5, 5.41) is 3.41. The monoisotopic (exact) mass is 247 g/mol. The van der Waals surface area contributed by atoms with Crippen molar-refractivity contribution < 1.29 is 4.74 Å². The number of nitrogens with one attached hydrogen (secondary N) is 1. The number of ether oxygens (including phenoxy) is 1. The van der Waals surface area contributed by atoms with Gasteiger partial charge in [-0.25, -0.2) is 0 Å². The molecule has 0 aliphatic carbocycles. The summed E-state index contributed by atoms with van der Waals surface area (Å²) >= 11 is 0. The van der Waals surface area contributed by atoms with Crippen molar-refractivity contribution in [2.75, 3.05) is 13.1 Å². The molecular weight excluding hydrogens is 222 g/mol. The fourth-order valence-corrected chi connectivity index (χ4v) is 1.74. The molecule has 0 bridgehead atoms. The van der Waals surface area contributed by atoms with Gasteiger partial charge in [0.15, 0.2) is 0 Å². The zero-order valence-corrected chi connectivity index (χ0v) is 11.9. The average molecular weight is 247 g/mol. The van der Waals surface area contributed by atoms with Gasteiger partial charge in [-0.3, -0.25) is 0 Å². The first-order valence-electron chi connectivity index (χ1n) is 6.72. The largest absolute Gasteiger partial charge is 0.489 e. The second kappa shape index (κ2) is 7.93. The van der Waals surface area contributed by atoms with Gasteiger partial charge in [0.25, 0.3) is 0 Å². The first kappa shape index (κ1) is 14.8. The van der Waals surface area contributed by atoms with Crippen LogP contribution in [0, 0.1) is 5.92 Å². The Bertz CT molecular complexity index is 371. The minimum Gasteiger partial charge on any atom is -0.489 e. The Morgan fingerprint density at radius 2 is 1.89 bits per heavy atom. The standard InChI is InChI=1S/C16H25NO/c1-5-8-15-9-6-7-10-16(15)18-14(4)12-17-11-13(2)3/h5-10,13-14,17H,11-12H2,1-4H3. The van der Waals surface area contributed by atoms with E-state index < -0.39 is 0 Å². The van der Waals surface area contributed by atoms with Crippen LogP contribution >= 0.6 is 0 Å². The summed E-state index contributed by atoms with van der Waals surface area (Å²) in [6.07, 6.45) is 4.28. The molecule has 0 spiro atoms. The minimum absolute atomic E-state index is 0.176. The molecule has 1 unspecified atom stereocenters. The van der Waals surface area contributed by atoms with Crippen LogP contribution in [0.25, 0.3) is 6.08 Å². The van der Waals surface area contributed by atoms with Crippen molar-refractivity contribution in [3.8, 4) is 5.75 Å². The van der Waals surface area contributed by atoms with Crippen molar-refractivity contribution in [2.24, 2.45) is 5.92 Å². The fourth-order valence-electron chi connectivity index (χ4n) is 1.74. The van der Waals surface area contributed by atoms with Crippen LogP contribution in [0.2, 0.25) is 0 Å². The molecule has 0 aliphatic rings. The summed E-state index contributed by atoms with van der Waals surface area (Å²) in [6.45, 7) is 10.4. The second-order valence-electron chi connectivity index (χ2n) is 5.02. The third-order valence-corrected chi connectivity index (χ3v) is 2.58. The van der Waals surface area contributed by atoms with E-state index in [2.05, 4.69) is 38.2 Å². The molecule has 2 heteroatoms. The van der Waals surface area contributed by atoms with Gasteiger partial charge < -0.3 is 10.1 Å². The molecule has 1 rings (SSSR count). The lowest BCUT2D eigenvalue weighted by Crippen LogP contribution is -2.31. The molecule has 18 heavy (non-hydrogen) atoms. The summed E-state index contributed by atoms with van der Waals surface area (Å²) < 4.78 is 5.97. The molecular formula is C16H25NO. The van der Waals surface area contributed by atoms with E-state index in [1.54, 1.807) is 0 Å². The average Bonchev–Trinajstić information content (AvgIpc) is 2.31. The highest BCUT2D eigenvalue weighted by molar-refractivity contribution is 5.56. The van der Waals surface area contributed by atoms with Crippen LogP contribution < -0.4 is 10.1 Å². The maximum atomic E-state index is 5.97. The molecule has 0 fully saturated rings. The van der Waals surface area contributed by atoms with E-state index in [-0.39, 0.29) is 6.10 Å². The van der Waals surface area contributed by atoms with Crippen molar-refractivity contribution in [3.05, 3.63) is 35.9 Å². The molecule has 0 saturated carbocycles. The van der Waals surface area contributed by atoms with Crippen LogP contribution in [0.3, 0.4) is 0 Å². The Labute approximate surface area is 111 Å². The molecule has 0 aliphatic heterocycles. The number of allylic oxidation sites excluding steroid dienone is 1. The molecule has 0 amide bonds. The number of rotatable bonds is 7. The minimum atomic E-state index is 0.176. The quantitative estimate of drug-likeness (QED) is 0.792. The van der Waals surface area contributed by atoms with E-state index in [1.165, 1.54) is 0 Å². The van der Waals surface area contributed by atoms with E-state index >= 15 is 0 Å². The molecule has 1 aromatic rings. The predicted molar refractivity (Wildman–Crippen MR) is 78.9 cm³/mol. The van der Waals surface area contributed by atoms with E-state index in [0.717, 1.165) is 24.4 Å². The Morgan fingerprint density at radius 1 is 1.17 bits per heavy atom. The molecule has 0 radical (unpaired) electrons. The summed E-state index contributed by atoms with van der Waals surface area (Å²) in [4.78, 5) is 0. The van der Waals surface area contributed by atoms with Gasteiger partial charge in [-0.2, -0.15) is 0 Å². The highest BCUT2D eigenvalue weighted by atomic mass is 16.5. The van der Waals surface area contributed by atoms with Crippen molar-refractivity contribution in [1.82, 2.24) is 5.32 Å². The molecule has 1 aromatic carbocycles. The van der Waals surface area contributed by atoms with E-state index in [0.29, 0.717) is 5.92 Å². The Kier molecular flexibility index (Phi) is 6.51.